The molecule has 0 spiro atoms. The van der Waals surface area contributed by atoms with Crippen LogP contribution in [0, 0.1) is 6.92 Å². The predicted molar refractivity (Wildman–Crippen MR) is 121 cm³/mol. The second-order valence-corrected chi connectivity index (χ2v) is 8.41. The van der Waals surface area contributed by atoms with Crippen LogP contribution >= 0.6 is 11.8 Å². The van der Waals surface area contributed by atoms with E-state index >= 15 is 0 Å². The second-order valence-electron chi connectivity index (χ2n) is 7.62. The summed E-state index contributed by atoms with van der Waals surface area (Å²) in [5, 5.41) is 0.597. The lowest BCUT2D eigenvalue weighted by atomic mass is 10.1. The number of H-pyrrole nitrogens is 1. The SMILES string of the molecule is CSc1nc(C)c(CCC(=O)N(CCCN2CCOCC2)Cc2ccncc2)c(=O)[nH]1. The quantitative estimate of drug-likeness (QED) is 0.441. The molecule has 2 aromatic rings. The Hall–Kier alpha value is -2.23. The molecule has 1 amide bonds. The van der Waals surface area contributed by atoms with Gasteiger partial charge in [0.25, 0.3) is 5.56 Å². The van der Waals surface area contributed by atoms with Gasteiger partial charge in [-0.1, -0.05) is 11.8 Å². The molecule has 2 aromatic heterocycles. The largest absolute Gasteiger partial charge is 0.379 e. The van der Waals surface area contributed by atoms with E-state index in [1.807, 2.05) is 30.2 Å². The number of rotatable bonds is 10. The summed E-state index contributed by atoms with van der Waals surface area (Å²) in [6.45, 7) is 7.43. The number of pyridine rings is 1. The highest BCUT2D eigenvalue weighted by Crippen LogP contribution is 2.12. The van der Waals surface area contributed by atoms with Crippen LogP contribution in [0.2, 0.25) is 0 Å². The molecule has 0 aromatic carbocycles. The summed E-state index contributed by atoms with van der Waals surface area (Å²) in [4.78, 5) is 41.0. The third kappa shape index (κ3) is 7.15. The molecule has 1 fully saturated rings. The smallest absolute Gasteiger partial charge is 0.254 e. The van der Waals surface area contributed by atoms with Crippen molar-refractivity contribution in [1.82, 2.24) is 24.8 Å². The molecule has 1 N–H and O–H groups in total. The summed E-state index contributed by atoms with van der Waals surface area (Å²) in [5.74, 6) is 0.0477. The monoisotopic (exact) mass is 445 g/mol. The number of carbonyl (C=O) groups excluding carboxylic acids is 1. The molecule has 31 heavy (non-hydrogen) atoms. The molecule has 0 saturated carbocycles. The van der Waals surface area contributed by atoms with Gasteiger partial charge in [-0.05, 0) is 43.7 Å². The number of hydrogen-bond donors (Lipinski definition) is 1. The number of nitrogens with one attached hydrogen (secondary N) is 1. The minimum Gasteiger partial charge on any atom is -0.379 e. The first-order chi connectivity index (χ1) is 15.1. The van der Waals surface area contributed by atoms with E-state index in [0.29, 0.717) is 35.9 Å². The highest BCUT2D eigenvalue weighted by Gasteiger charge is 2.17. The molecule has 1 aliphatic heterocycles. The highest BCUT2D eigenvalue weighted by molar-refractivity contribution is 7.98. The number of aromatic amines is 1. The number of carbonyl (C=O) groups is 1. The van der Waals surface area contributed by atoms with E-state index in [1.165, 1.54) is 11.8 Å². The molecule has 8 nitrogen and oxygen atoms in total. The topological polar surface area (TPSA) is 91.4 Å². The molecular formula is C22H31N5O3S. The molecule has 0 radical (unpaired) electrons. The van der Waals surface area contributed by atoms with Crippen molar-refractivity contribution in [2.24, 2.45) is 0 Å². The Balaban J connectivity index is 1.61. The number of aromatic nitrogens is 3. The van der Waals surface area contributed by atoms with Crippen LogP contribution in [0.1, 0.15) is 29.7 Å². The van der Waals surface area contributed by atoms with E-state index in [1.54, 1.807) is 12.4 Å². The van der Waals surface area contributed by atoms with Gasteiger partial charge < -0.3 is 14.6 Å². The first kappa shape index (κ1) is 23.4. The Bertz CT molecular complexity index is 900. The molecule has 1 saturated heterocycles. The molecule has 0 unspecified atom stereocenters. The van der Waals surface area contributed by atoms with Crippen molar-refractivity contribution in [3.8, 4) is 0 Å². The van der Waals surface area contributed by atoms with Gasteiger partial charge in [0.15, 0.2) is 5.16 Å². The molecule has 168 valence electrons. The van der Waals surface area contributed by atoms with Crippen molar-refractivity contribution in [2.45, 2.75) is 37.9 Å². The zero-order chi connectivity index (χ0) is 22.1. The Kier molecular flexibility index (Phi) is 9.05. The number of morpholine rings is 1. The van der Waals surface area contributed by atoms with Gasteiger partial charge in [-0.25, -0.2) is 4.98 Å². The van der Waals surface area contributed by atoms with E-state index < -0.39 is 0 Å². The zero-order valence-corrected chi connectivity index (χ0v) is 19.1. The molecule has 0 atom stereocenters. The predicted octanol–water partition coefficient (Wildman–Crippen LogP) is 1.88. The fraction of sp³-hybridized carbons (Fsp3) is 0.545. The normalized spacial score (nSPS) is 14.5. The summed E-state index contributed by atoms with van der Waals surface area (Å²) in [7, 11) is 0. The first-order valence-corrected chi connectivity index (χ1v) is 11.9. The standard InChI is InChI=1S/C22H31N5O3S/c1-17-19(21(29)25-22(24-17)31-2)4-5-20(28)27(16-18-6-8-23-9-7-18)11-3-10-26-12-14-30-15-13-26/h6-9H,3-5,10-16H2,1-2H3,(H,24,25,29). The third-order valence-corrected chi connectivity index (χ3v) is 6.04. The lowest BCUT2D eigenvalue weighted by molar-refractivity contribution is -0.132. The Morgan fingerprint density at radius 2 is 2.03 bits per heavy atom. The molecule has 1 aliphatic rings. The number of thioether (sulfide) groups is 1. The van der Waals surface area contributed by atoms with E-state index in [0.717, 1.165) is 44.8 Å². The van der Waals surface area contributed by atoms with Crippen molar-refractivity contribution in [2.75, 3.05) is 45.6 Å². The van der Waals surface area contributed by atoms with Crippen molar-refractivity contribution in [3.05, 3.63) is 51.7 Å². The molecule has 0 aliphatic carbocycles. The summed E-state index contributed by atoms with van der Waals surface area (Å²) in [5.41, 5.74) is 2.17. The summed E-state index contributed by atoms with van der Waals surface area (Å²) in [6, 6.07) is 3.87. The van der Waals surface area contributed by atoms with Crippen LogP contribution in [0.25, 0.3) is 0 Å². The van der Waals surface area contributed by atoms with Gasteiger partial charge in [0.05, 0.1) is 13.2 Å². The van der Waals surface area contributed by atoms with Crippen molar-refractivity contribution >= 4 is 17.7 Å². The fourth-order valence-electron chi connectivity index (χ4n) is 3.68. The van der Waals surface area contributed by atoms with E-state index in [2.05, 4.69) is 19.9 Å². The first-order valence-electron chi connectivity index (χ1n) is 10.7. The van der Waals surface area contributed by atoms with Crippen LogP contribution in [-0.4, -0.2) is 76.3 Å². The average molecular weight is 446 g/mol. The fourth-order valence-corrected chi connectivity index (χ4v) is 4.10. The maximum Gasteiger partial charge on any atom is 0.254 e. The lowest BCUT2D eigenvalue weighted by Gasteiger charge is -2.28. The van der Waals surface area contributed by atoms with Gasteiger partial charge >= 0.3 is 0 Å². The maximum absolute atomic E-state index is 13.1. The zero-order valence-electron chi connectivity index (χ0n) is 18.3. The second kappa shape index (κ2) is 12.0. The molecule has 3 heterocycles. The van der Waals surface area contributed by atoms with Crippen LogP contribution < -0.4 is 5.56 Å². The third-order valence-electron chi connectivity index (χ3n) is 5.46. The molecular weight excluding hydrogens is 414 g/mol. The number of hydrogen-bond acceptors (Lipinski definition) is 7. The van der Waals surface area contributed by atoms with E-state index in [-0.39, 0.29) is 17.9 Å². The minimum absolute atomic E-state index is 0.0477. The van der Waals surface area contributed by atoms with Crippen LogP contribution in [0.3, 0.4) is 0 Å². The molecule has 9 heteroatoms. The average Bonchev–Trinajstić information content (AvgIpc) is 2.79. The van der Waals surface area contributed by atoms with Gasteiger partial charge in [0.1, 0.15) is 0 Å². The summed E-state index contributed by atoms with van der Waals surface area (Å²) >= 11 is 1.40. The Morgan fingerprint density at radius 1 is 1.29 bits per heavy atom. The number of amides is 1. The van der Waals surface area contributed by atoms with Gasteiger partial charge in [-0.3, -0.25) is 19.5 Å². The molecule has 0 bridgehead atoms. The van der Waals surface area contributed by atoms with Crippen molar-refractivity contribution in [3.63, 3.8) is 0 Å². The van der Waals surface area contributed by atoms with E-state index in [4.69, 9.17) is 4.74 Å². The Labute approximate surface area is 187 Å². The van der Waals surface area contributed by atoms with Crippen LogP contribution in [0.5, 0.6) is 0 Å². The lowest BCUT2D eigenvalue weighted by Crippen LogP contribution is -2.39. The summed E-state index contributed by atoms with van der Waals surface area (Å²) < 4.78 is 5.41. The van der Waals surface area contributed by atoms with Crippen LogP contribution in [0.15, 0.2) is 34.5 Å². The Morgan fingerprint density at radius 3 is 2.71 bits per heavy atom. The van der Waals surface area contributed by atoms with Gasteiger partial charge in [-0.2, -0.15) is 0 Å². The van der Waals surface area contributed by atoms with Gasteiger partial charge in [-0.15, -0.1) is 0 Å². The van der Waals surface area contributed by atoms with Crippen LogP contribution in [-0.2, 0) is 22.5 Å². The van der Waals surface area contributed by atoms with Gasteiger partial charge in [0.2, 0.25) is 5.91 Å². The number of nitrogens with zero attached hydrogens (tertiary/aromatic N) is 4. The van der Waals surface area contributed by atoms with Crippen LogP contribution in [0.4, 0.5) is 0 Å². The summed E-state index contributed by atoms with van der Waals surface area (Å²) in [6.07, 6.45) is 6.93. The van der Waals surface area contributed by atoms with E-state index in [9.17, 15) is 9.59 Å². The van der Waals surface area contributed by atoms with Crippen molar-refractivity contribution in [1.29, 1.82) is 0 Å². The highest BCUT2D eigenvalue weighted by atomic mass is 32.2. The van der Waals surface area contributed by atoms with Crippen molar-refractivity contribution < 1.29 is 9.53 Å². The van der Waals surface area contributed by atoms with Gasteiger partial charge in [0, 0.05) is 62.8 Å². The number of ether oxygens (including phenoxy) is 1. The number of aryl methyl sites for hydroxylation is 1. The maximum atomic E-state index is 13.1. The minimum atomic E-state index is -0.155. The molecule has 3 rings (SSSR count).